The lowest BCUT2D eigenvalue weighted by Crippen LogP contribution is -2.18. The number of carbonyl (C=O) groups is 2. The summed E-state index contributed by atoms with van der Waals surface area (Å²) < 4.78 is 1.75. The highest BCUT2D eigenvalue weighted by Gasteiger charge is 2.15. The predicted molar refractivity (Wildman–Crippen MR) is 133 cm³/mol. The number of hydrogen-bond acceptors (Lipinski definition) is 5. The molecule has 0 aliphatic carbocycles. The number of aryl methyl sites for hydroxylation is 2. The van der Waals surface area contributed by atoms with Crippen molar-refractivity contribution in [3.63, 3.8) is 0 Å². The average molecular weight is 460 g/mol. The number of benzene rings is 3. The van der Waals surface area contributed by atoms with Crippen LogP contribution in [0.25, 0.3) is 10.8 Å². The Morgan fingerprint density at radius 2 is 1.67 bits per heavy atom. The van der Waals surface area contributed by atoms with Crippen LogP contribution in [0.3, 0.4) is 0 Å². The zero-order chi connectivity index (χ0) is 23.4. The molecule has 0 atom stereocenters. The van der Waals surface area contributed by atoms with Gasteiger partial charge in [0.15, 0.2) is 5.16 Å². The van der Waals surface area contributed by atoms with Gasteiger partial charge in [0, 0.05) is 23.8 Å². The molecule has 1 heterocycles. The smallest absolute Gasteiger partial charge is 0.234 e. The molecule has 7 nitrogen and oxygen atoms in total. The summed E-state index contributed by atoms with van der Waals surface area (Å²) in [6, 6.07) is 19.6. The van der Waals surface area contributed by atoms with Crippen molar-refractivity contribution in [3.05, 3.63) is 77.6 Å². The molecule has 0 saturated carbocycles. The number of amides is 2. The molecule has 8 heteroatoms. The highest BCUT2D eigenvalue weighted by atomic mass is 32.2. The van der Waals surface area contributed by atoms with E-state index in [1.165, 1.54) is 11.8 Å². The van der Waals surface area contributed by atoms with Crippen LogP contribution in [0, 0.1) is 13.8 Å². The maximum atomic E-state index is 12.5. The first kappa shape index (κ1) is 22.5. The van der Waals surface area contributed by atoms with Crippen LogP contribution in [0.2, 0.25) is 0 Å². The van der Waals surface area contributed by atoms with Crippen molar-refractivity contribution in [1.29, 1.82) is 0 Å². The van der Waals surface area contributed by atoms with E-state index in [4.69, 9.17) is 0 Å². The van der Waals surface area contributed by atoms with E-state index < -0.39 is 0 Å². The lowest BCUT2D eigenvalue weighted by molar-refractivity contribution is -0.116. The molecule has 168 valence electrons. The summed E-state index contributed by atoms with van der Waals surface area (Å²) in [5, 5.41) is 16.8. The van der Waals surface area contributed by atoms with Crippen molar-refractivity contribution in [2.75, 3.05) is 16.4 Å². The Labute approximate surface area is 196 Å². The number of hydrogen-bond donors (Lipinski definition) is 2. The minimum Gasteiger partial charge on any atom is -0.325 e. The van der Waals surface area contributed by atoms with Crippen LogP contribution in [-0.2, 0) is 23.1 Å². The first-order chi connectivity index (χ1) is 15.9. The molecule has 0 fully saturated rings. The molecule has 2 N–H and O–H groups in total. The van der Waals surface area contributed by atoms with Gasteiger partial charge < -0.3 is 15.2 Å². The van der Waals surface area contributed by atoms with Gasteiger partial charge in [-0.3, -0.25) is 9.59 Å². The molecule has 3 aromatic carbocycles. The summed E-state index contributed by atoms with van der Waals surface area (Å²) in [6.45, 7) is 3.97. The summed E-state index contributed by atoms with van der Waals surface area (Å²) in [6.07, 6.45) is 0.0968. The van der Waals surface area contributed by atoms with E-state index in [1.807, 2.05) is 74.5 Å². The van der Waals surface area contributed by atoms with E-state index in [-0.39, 0.29) is 24.0 Å². The molecule has 4 aromatic rings. The van der Waals surface area contributed by atoms with Crippen LogP contribution in [0.15, 0.2) is 65.8 Å². The van der Waals surface area contributed by atoms with Crippen LogP contribution in [0.4, 0.5) is 11.4 Å². The van der Waals surface area contributed by atoms with Crippen molar-refractivity contribution < 1.29 is 9.59 Å². The summed E-state index contributed by atoms with van der Waals surface area (Å²) in [5.41, 5.74) is 3.72. The first-order valence-corrected chi connectivity index (χ1v) is 11.5. The number of fused-ring (bicyclic) bond motifs is 1. The molecule has 0 saturated heterocycles. The molecule has 0 bridgehead atoms. The molecule has 2 amide bonds. The SMILES string of the molecule is Cc1ccc(NC(=O)Cc2nnc(SCC(=O)Nc3cccc4ccccc34)n2C)c(C)c1. The van der Waals surface area contributed by atoms with E-state index in [9.17, 15) is 9.59 Å². The molecule has 0 spiro atoms. The maximum Gasteiger partial charge on any atom is 0.234 e. The molecule has 4 rings (SSSR count). The highest BCUT2D eigenvalue weighted by Crippen LogP contribution is 2.24. The van der Waals surface area contributed by atoms with Gasteiger partial charge in [0.05, 0.1) is 12.2 Å². The molecule has 0 aliphatic rings. The van der Waals surface area contributed by atoms with Gasteiger partial charge >= 0.3 is 0 Å². The molecule has 1 aromatic heterocycles. The Morgan fingerprint density at radius 1 is 0.909 bits per heavy atom. The second-order valence-corrected chi connectivity index (χ2v) is 8.81. The Morgan fingerprint density at radius 3 is 2.48 bits per heavy atom. The van der Waals surface area contributed by atoms with Gasteiger partial charge in [0.2, 0.25) is 11.8 Å². The second-order valence-electron chi connectivity index (χ2n) is 7.86. The van der Waals surface area contributed by atoms with Crippen molar-refractivity contribution in [1.82, 2.24) is 14.8 Å². The standard InChI is InChI=1S/C25H25N5O2S/c1-16-11-12-20(17(2)13-16)26-23(31)14-22-28-29-25(30(22)3)33-15-24(32)27-21-10-6-8-18-7-4-5-9-19(18)21/h4-13H,14-15H2,1-3H3,(H,26,31)(H,27,32). The normalized spacial score (nSPS) is 10.9. The van der Waals surface area contributed by atoms with Gasteiger partial charge in [-0.2, -0.15) is 0 Å². The van der Waals surface area contributed by atoms with Gasteiger partial charge in [-0.15, -0.1) is 10.2 Å². The molecular formula is C25H25N5O2S. The minimum atomic E-state index is -0.164. The summed E-state index contributed by atoms with van der Waals surface area (Å²) in [7, 11) is 1.80. The highest BCUT2D eigenvalue weighted by molar-refractivity contribution is 7.99. The number of rotatable bonds is 7. The zero-order valence-corrected chi connectivity index (χ0v) is 19.6. The Kier molecular flexibility index (Phi) is 6.74. The fourth-order valence-electron chi connectivity index (χ4n) is 3.57. The van der Waals surface area contributed by atoms with E-state index >= 15 is 0 Å². The monoisotopic (exact) mass is 459 g/mol. The molecule has 33 heavy (non-hydrogen) atoms. The first-order valence-electron chi connectivity index (χ1n) is 10.6. The Balaban J connectivity index is 1.34. The Bertz CT molecular complexity index is 1330. The van der Waals surface area contributed by atoms with E-state index in [1.54, 1.807) is 11.6 Å². The molecule has 0 radical (unpaired) electrons. The fourth-order valence-corrected chi connectivity index (χ4v) is 4.30. The fraction of sp³-hybridized carbons (Fsp3) is 0.200. The average Bonchev–Trinajstić information content (AvgIpc) is 3.13. The van der Waals surface area contributed by atoms with E-state index in [0.717, 1.165) is 33.3 Å². The predicted octanol–water partition coefficient (Wildman–Crippen LogP) is 4.50. The van der Waals surface area contributed by atoms with Crippen molar-refractivity contribution in [2.45, 2.75) is 25.4 Å². The third kappa shape index (κ3) is 5.40. The van der Waals surface area contributed by atoms with Gasteiger partial charge in [-0.1, -0.05) is 65.9 Å². The number of aromatic nitrogens is 3. The van der Waals surface area contributed by atoms with Crippen LogP contribution in [0.5, 0.6) is 0 Å². The van der Waals surface area contributed by atoms with Gasteiger partial charge in [-0.25, -0.2) is 0 Å². The number of nitrogens with zero attached hydrogens (tertiary/aromatic N) is 3. The third-order valence-corrected chi connectivity index (χ3v) is 6.32. The van der Waals surface area contributed by atoms with Crippen LogP contribution in [0.1, 0.15) is 17.0 Å². The lowest BCUT2D eigenvalue weighted by atomic mass is 10.1. The second kappa shape index (κ2) is 9.87. The molecular weight excluding hydrogens is 434 g/mol. The zero-order valence-electron chi connectivity index (χ0n) is 18.8. The van der Waals surface area contributed by atoms with Gasteiger partial charge in [-0.05, 0) is 36.9 Å². The third-order valence-electron chi connectivity index (χ3n) is 5.30. The number of carbonyl (C=O) groups excluding carboxylic acids is 2. The van der Waals surface area contributed by atoms with Crippen molar-refractivity contribution >= 4 is 45.7 Å². The van der Waals surface area contributed by atoms with Crippen LogP contribution in [-0.4, -0.2) is 32.3 Å². The minimum absolute atomic E-state index is 0.0968. The lowest BCUT2D eigenvalue weighted by Gasteiger charge is -2.09. The quantitative estimate of drug-likeness (QED) is 0.397. The van der Waals surface area contributed by atoms with Crippen LogP contribution < -0.4 is 10.6 Å². The topological polar surface area (TPSA) is 88.9 Å². The number of thioether (sulfide) groups is 1. The summed E-state index contributed by atoms with van der Waals surface area (Å²) in [4.78, 5) is 25.0. The maximum absolute atomic E-state index is 12.5. The Hall–Kier alpha value is -3.65. The largest absolute Gasteiger partial charge is 0.325 e. The van der Waals surface area contributed by atoms with Gasteiger partial charge in [0.1, 0.15) is 5.82 Å². The summed E-state index contributed by atoms with van der Waals surface area (Å²) in [5.74, 6) is 0.426. The van der Waals surface area contributed by atoms with E-state index in [2.05, 4.69) is 20.8 Å². The van der Waals surface area contributed by atoms with Crippen LogP contribution >= 0.6 is 11.8 Å². The summed E-state index contributed by atoms with van der Waals surface area (Å²) >= 11 is 1.28. The molecule has 0 unspecified atom stereocenters. The van der Waals surface area contributed by atoms with Crippen molar-refractivity contribution in [2.24, 2.45) is 7.05 Å². The van der Waals surface area contributed by atoms with E-state index in [0.29, 0.717) is 11.0 Å². The number of anilines is 2. The van der Waals surface area contributed by atoms with Gasteiger partial charge in [0.25, 0.3) is 0 Å². The van der Waals surface area contributed by atoms with Crippen molar-refractivity contribution in [3.8, 4) is 0 Å². The molecule has 0 aliphatic heterocycles. The number of nitrogens with one attached hydrogen (secondary N) is 2.